The lowest BCUT2D eigenvalue weighted by Crippen LogP contribution is -2.14. The van der Waals surface area contributed by atoms with Crippen molar-refractivity contribution in [1.29, 1.82) is 0 Å². The highest BCUT2D eigenvalue weighted by Crippen LogP contribution is 2.34. The van der Waals surface area contributed by atoms with Gasteiger partial charge in [-0.25, -0.2) is 9.97 Å². The Labute approximate surface area is 118 Å². The molecule has 0 saturated carbocycles. The van der Waals surface area contributed by atoms with E-state index in [4.69, 9.17) is 4.74 Å². The number of aromatic nitrogens is 3. The highest BCUT2D eigenvalue weighted by molar-refractivity contribution is 5.91. The lowest BCUT2D eigenvalue weighted by molar-refractivity contribution is -0.0205. The molecule has 0 radical (unpaired) electrons. The van der Waals surface area contributed by atoms with Crippen molar-refractivity contribution >= 4 is 16.9 Å². The zero-order chi connectivity index (χ0) is 14.3. The molecule has 6 nitrogen and oxygen atoms in total. The van der Waals surface area contributed by atoms with Crippen molar-refractivity contribution < 1.29 is 9.84 Å². The van der Waals surface area contributed by atoms with Crippen LogP contribution < -0.4 is 4.90 Å². The zero-order valence-electron chi connectivity index (χ0n) is 12.1. The summed E-state index contributed by atoms with van der Waals surface area (Å²) >= 11 is 0. The third-order valence-corrected chi connectivity index (χ3v) is 3.80. The predicted octanol–water partition coefficient (Wildman–Crippen LogP) is 1.48. The average molecular weight is 276 g/mol. The van der Waals surface area contributed by atoms with Gasteiger partial charge in [-0.1, -0.05) is 0 Å². The molecule has 0 spiro atoms. The monoisotopic (exact) mass is 276 g/mol. The third kappa shape index (κ3) is 2.05. The Morgan fingerprint density at radius 2 is 2.20 bits per heavy atom. The Kier molecular flexibility index (Phi) is 3.35. The summed E-state index contributed by atoms with van der Waals surface area (Å²) in [4.78, 5) is 10.8. The Bertz CT molecular complexity index is 623. The molecule has 1 aliphatic heterocycles. The first kappa shape index (κ1) is 13.3. The summed E-state index contributed by atoms with van der Waals surface area (Å²) in [6, 6.07) is 0. The molecule has 0 bridgehead atoms. The van der Waals surface area contributed by atoms with Gasteiger partial charge in [-0.15, -0.1) is 0 Å². The quantitative estimate of drug-likeness (QED) is 0.920. The van der Waals surface area contributed by atoms with Crippen LogP contribution in [0.4, 0.5) is 5.82 Å². The van der Waals surface area contributed by atoms with Gasteiger partial charge in [0.1, 0.15) is 24.0 Å². The minimum atomic E-state index is -0.0621. The first-order valence-electron chi connectivity index (χ1n) is 6.87. The fourth-order valence-electron chi connectivity index (χ4n) is 2.83. The molecule has 2 aromatic heterocycles. The van der Waals surface area contributed by atoms with Gasteiger partial charge in [0.25, 0.3) is 0 Å². The van der Waals surface area contributed by atoms with Gasteiger partial charge in [0, 0.05) is 20.3 Å². The molecule has 0 amide bonds. The maximum atomic E-state index is 9.20. The normalized spacial score (nSPS) is 22.6. The van der Waals surface area contributed by atoms with Crippen LogP contribution in [0.1, 0.15) is 24.6 Å². The fraction of sp³-hybridized carbons (Fsp3) is 0.571. The van der Waals surface area contributed by atoms with Crippen LogP contribution in [0.2, 0.25) is 0 Å². The molecule has 0 unspecified atom stereocenters. The second kappa shape index (κ2) is 5.03. The zero-order valence-corrected chi connectivity index (χ0v) is 12.1. The Morgan fingerprint density at radius 1 is 1.40 bits per heavy atom. The van der Waals surface area contributed by atoms with Crippen LogP contribution in [0.3, 0.4) is 0 Å². The van der Waals surface area contributed by atoms with Crippen molar-refractivity contribution in [2.24, 2.45) is 0 Å². The first-order chi connectivity index (χ1) is 9.61. The van der Waals surface area contributed by atoms with Crippen LogP contribution in [0, 0.1) is 6.92 Å². The molecule has 1 N–H and O–H groups in total. The number of nitrogens with zero attached hydrogens (tertiary/aromatic N) is 4. The largest absolute Gasteiger partial charge is 0.394 e. The van der Waals surface area contributed by atoms with Crippen LogP contribution in [-0.2, 0) is 4.74 Å². The minimum Gasteiger partial charge on any atom is -0.394 e. The van der Waals surface area contributed by atoms with E-state index in [-0.39, 0.29) is 18.9 Å². The van der Waals surface area contributed by atoms with Crippen LogP contribution >= 0.6 is 0 Å². The van der Waals surface area contributed by atoms with Crippen molar-refractivity contribution in [1.82, 2.24) is 14.5 Å². The summed E-state index contributed by atoms with van der Waals surface area (Å²) < 4.78 is 7.92. The molecule has 2 aromatic rings. The van der Waals surface area contributed by atoms with Crippen molar-refractivity contribution in [3.63, 3.8) is 0 Å². The van der Waals surface area contributed by atoms with Crippen molar-refractivity contribution in [3.05, 3.63) is 18.1 Å². The van der Waals surface area contributed by atoms with Gasteiger partial charge in [-0.05, 0) is 25.3 Å². The molecular weight excluding hydrogens is 256 g/mol. The predicted molar refractivity (Wildman–Crippen MR) is 76.8 cm³/mol. The van der Waals surface area contributed by atoms with Gasteiger partial charge in [-0.3, -0.25) is 0 Å². The number of aryl methyl sites for hydroxylation is 1. The first-order valence-corrected chi connectivity index (χ1v) is 6.87. The van der Waals surface area contributed by atoms with Gasteiger partial charge in [-0.2, -0.15) is 0 Å². The summed E-state index contributed by atoms with van der Waals surface area (Å²) in [7, 11) is 3.96. The van der Waals surface area contributed by atoms with Crippen molar-refractivity contribution in [2.45, 2.75) is 32.1 Å². The molecular formula is C14H20N4O2. The van der Waals surface area contributed by atoms with Crippen molar-refractivity contribution in [2.75, 3.05) is 25.6 Å². The number of fused-ring (bicyclic) bond motifs is 1. The molecule has 6 heteroatoms. The number of ether oxygens (including phenoxy) is 1. The summed E-state index contributed by atoms with van der Waals surface area (Å²) in [6.45, 7) is 2.14. The van der Waals surface area contributed by atoms with Gasteiger partial charge in [0.15, 0.2) is 0 Å². The van der Waals surface area contributed by atoms with Crippen LogP contribution in [-0.4, -0.2) is 46.4 Å². The molecule has 0 aliphatic carbocycles. The lowest BCUT2D eigenvalue weighted by Gasteiger charge is -2.16. The van der Waals surface area contributed by atoms with Crippen LogP contribution in [0.15, 0.2) is 12.5 Å². The maximum absolute atomic E-state index is 9.20. The molecule has 20 heavy (non-hydrogen) atoms. The van der Waals surface area contributed by atoms with Crippen LogP contribution in [0.5, 0.6) is 0 Å². The number of hydrogen-bond acceptors (Lipinski definition) is 5. The Morgan fingerprint density at radius 3 is 2.85 bits per heavy atom. The SMILES string of the molecule is Cc1cn([C@H]2CC[C@@H](CO)O2)c2ncnc(N(C)C)c12. The van der Waals surface area contributed by atoms with Gasteiger partial charge in [0.05, 0.1) is 18.1 Å². The lowest BCUT2D eigenvalue weighted by atomic mass is 10.2. The maximum Gasteiger partial charge on any atom is 0.147 e. The van der Waals surface area contributed by atoms with E-state index in [9.17, 15) is 5.11 Å². The van der Waals surface area contributed by atoms with Gasteiger partial charge < -0.3 is 19.3 Å². The molecule has 1 saturated heterocycles. The highest BCUT2D eigenvalue weighted by atomic mass is 16.5. The van der Waals surface area contributed by atoms with Gasteiger partial charge >= 0.3 is 0 Å². The summed E-state index contributed by atoms with van der Waals surface area (Å²) in [5, 5.41) is 10.3. The average Bonchev–Trinajstić information content (AvgIpc) is 3.03. The van der Waals surface area contributed by atoms with Gasteiger partial charge in [0.2, 0.25) is 0 Å². The number of anilines is 1. The Hall–Kier alpha value is -1.66. The van der Waals surface area contributed by atoms with E-state index in [1.165, 1.54) is 0 Å². The van der Waals surface area contributed by atoms with E-state index in [0.29, 0.717) is 0 Å². The molecule has 2 atom stereocenters. The summed E-state index contributed by atoms with van der Waals surface area (Å²) in [5.41, 5.74) is 2.03. The molecule has 108 valence electrons. The second-order valence-electron chi connectivity index (χ2n) is 5.48. The van der Waals surface area contributed by atoms with E-state index in [0.717, 1.165) is 35.3 Å². The van der Waals surface area contributed by atoms with Crippen molar-refractivity contribution in [3.8, 4) is 0 Å². The van der Waals surface area contributed by atoms with E-state index in [2.05, 4.69) is 27.7 Å². The highest BCUT2D eigenvalue weighted by Gasteiger charge is 2.28. The second-order valence-corrected chi connectivity index (χ2v) is 5.48. The van der Waals surface area contributed by atoms with E-state index in [1.807, 2.05) is 19.0 Å². The summed E-state index contributed by atoms with van der Waals surface area (Å²) in [6.07, 6.45) is 5.32. The van der Waals surface area contributed by atoms with E-state index in [1.54, 1.807) is 6.33 Å². The third-order valence-electron chi connectivity index (χ3n) is 3.80. The molecule has 1 fully saturated rings. The van der Waals surface area contributed by atoms with E-state index < -0.39 is 0 Å². The Balaban J connectivity index is 2.07. The number of rotatable bonds is 3. The molecule has 3 rings (SSSR count). The standard InChI is InChI=1S/C14H20N4O2/c1-9-6-18(11-5-4-10(7-19)20-11)14-12(9)13(17(2)3)15-8-16-14/h6,8,10-11,19H,4-5,7H2,1-3H3/t10-,11+/m0/s1. The molecule has 0 aromatic carbocycles. The number of aliphatic hydroxyl groups excluding tert-OH is 1. The topological polar surface area (TPSA) is 63.4 Å². The number of aliphatic hydroxyl groups is 1. The molecule has 1 aliphatic rings. The number of hydrogen-bond donors (Lipinski definition) is 1. The van der Waals surface area contributed by atoms with Crippen LogP contribution in [0.25, 0.3) is 11.0 Å². The van der Waals surface area contributed by atoms with E-state index >= 15 is 0 Å². The smallest absolute Gasteiger partial charge is 0.147 e. The minimum absolute atomic E-state index is 0.0479. The fourth-order valence-corrected chi connectivity index (χ4v) is 2.83. The summed E-state index contributed by atoms with van der Waals surface area (Å²) in [5.74, 6) is 0.919. The molecule has 3 heterocycles.